The van der Waals surface area contributed by atoms with Crippen LogP contribution < -0.4 is 14.9 Å². The summed E-state index contributed by atoms with van der Waals surface area (Å²) in [4.78, 5) is 24.3. The number of nitrogens with one attached hydrogen (secondary N) is 1. The lowest BCUT2D eigenvalue weighted by molar-refractivity contribution is -0.123. The summed E-state index contributed by atoms with van der Waals surface area (Å²) in [5, 5.41) is 6.03. The van der Waals surface area contributed by atoms with Gasteiger partial charge in [-0.3, -0.25) is 4.79 Å². The highest BCUT2D eigenvalue weighted by Crippen LogP contribution is 2.32. The number of fused-ring (bicyclic) bond motifs is 1. The maximum absolute atomic E-state index is 12.2. The van der Waals surface area contributed by atoms with Gasteiger partial charge in [0.1, 0.15) is 11.5 Å². The van der Waals surface area contributed by atoms with E-state index < -0.39 is 5.97 Å². The summed E-state index contributed by atoms with van der Waals surface area (Å²) in [6, 6.07) is 25.6. The van der Waals surface area contributed by atoms with Crippen LogP contribution >= 0.6 is 15.9 Å². The van der Waals surface area contributed by atoms with E-state index in [1.165, 1.54) is 6.21 Å². The fourth-order valence-electron chi connectivity index (χ4n) is 3.24. The molecule has 34 heavy (non-hydrogen) atoms. The second-order valence-electron chi connectivity index (χ2n) is 7.51. The Labute approximate surface area is 205 Å². The Hall–Kier alpha value is -3.97. The molecule has 0 spiro atoms. The molecule has 0 saturated carbocycles. The molecular weight excluding hydrogens is 496 g/mol. The molecular formula is C27H21BrN2O4. The monoisotopic (exact) mass is 516 g/mol. The van der Waals surface area contributed by atoms with E-state index in [0.29, 0.717) is 17.1 Å². The van der Waals surface area contributed by atoms with E-state index in [2.05, 4.69) is 26.5 Å². The van der Waals surface area contributed by atoms with Crippen LogP contribution in [-0.2, 0) is 4.79 Å². The number of nitrogens with zero attached hydrogens (tertiary/aromatic N) is 1. The Bertz CT molecular complexity index is 1370. The van der Waals surface area contributed by atoms with Crippen molar-refractivity contribution in [2.45, 2.75) is 6.92 Å². The van der Waals surface area contributed by atoms with Crippen LogP contribution in [0.2, 0.25) is 0 Å². The predicted molar refractivity (Wildman–Crippen MR) is 135 cm³/mol. The smallest absolute Gasteiger partial charge is 0.343 e. The molecule has 4 aromatic rings. The highest BCUT2D eigenvalue weighted by Gasteiger charge is 2.09. The Balaban J connectivity index is 1.27. The van der Waals surface area contributed by atoms with E-state index in [1.54, 1.807) is 36.4 Å². The third-order valence-electron chi connectivity index (χ3n) is 4.93. The van der Waals surface area contributed by atoms with Gasteiger partial charge < -0.3 is 9.47 Å². The number of aryl methyl sites for hydroxylation is 1. The molecule has 1 N–H and O–H groups in total. The molecule has 170 valence electrons. The minimum absolute atomic E-state index is 0.178. The number of rotatable bonds is 7. The van der Waals surface area contributed by atoms with Gasteiger partial charge in [-0.1, -0.05) is 48.0 Å². The van der Waals surface area contributed by atoms with Gasteiger partial charge in [0, 0.05) is 0 Å². The van der Waals surface area contributed by atoms with Gasteiger partial charge >= 0.3 is 5.97 Å². The van der Waals surface area contributed by atoms with E-state index in [1.807, 2.05) is 55.5 Å². The van der Waals surface area contributed by atoms with Crippen molar-refractivity contribution in [3.8, 4) is 11.5 Å². The number of hydrazone groups is 1. The molecule has 6 nitrogen and oxygen atoms in total. The van der Waals surface area contributed by atoms with Gasteiger partial charge in [0.05, 0.1) is 16.3 Å². The van der Waals surface area contributed by atoms with Crippen LogP contribution in [0.4, 0.5) is 0 Å². The van der Waals surface area contributed by atoms with E-state index in [0.717, 1.165) is 26.4 Å². The zero-order valence-corrected chi connectivity index (χ0v) is 19.9. The fourth-order valence-corrected chi connectivity index (χ4v) is 3.85. The van der Waals surface area contributed by atoms with E-state index >= 15 is 0 Å². The second kappa shape index (κ2) is 10.8. The van der Waals surface area contributed by atoms with Crippen LogP contribution in [0.3, 0.4) is 0 Å². The number of hydrogen-bond acceptors (Lipinski definition) is 5. The van der Waals surface area contributed by atoms with Crippen molar-refractivity contribution in [2.24, 2.45) is 5.10 Å². The lowest BCUT2D eigenvalue weighted by Crippen LogP contribution is -2.24. The van der Waals surface area contributed by atoms with E-state index in [4.69, 9.17) is 9.47 Å². The first-order chi connectivity index (χ1) is 16.5. The molecule has 0 aliphatic carbocycles. The molecule has 0 atom stereocenters. The van der Waals surface area contributed by atoms with Crippen LogP contribution in [0.1, 0.15) is 21.5 Å². The van der Waals surface area contributed by atoms with Crippen molar-refractivity contribution in [1.29, 1.82) is 0 Å². The Morgan fingerprint density at radius 1 is 0.971 bits per heavy atom. The molecule has 0 aromatic heterocycles. The van der Waals surface area contributed by atoms with E-state index in [-0.39, 0.29) is 12.5 Å². The topological polar surface area (TPSA) is 77.0 Å². The normalized spacial score (nSPS) is 10.9. The van der Waals surface area contributed by atoms with Gasteiger partial charge in [-0.2, -0.15) is 5.10 Å². The largest absolute Gasteiger partial charge is 0.483 e. The maximum atomic E-state index is 12.2. The summed E-state index contributed by atoms with van der Waals surface area (Å²) in [5.74, 6) is 0.186. The third kappa shape index (κ3) is 5.88. The first-order valence-corrected chi connectivity index (χ1v) is 11.3. The molecule has 7 heteroatoms. The zero-order chi connectivity index (χ0) is 23.9. The molecule has 0 unspecified atom stereocenters. The molecule has 4 aromatic carbocycles. The highest BCUT2D eigenvalue weighted by atomic mass is 79.9. The predicted octanol–water partition coefficient (Wildman–Crippen LogP) is 5.66. The number of halogens is 1. The van der Waals surface area contributed by atoms with Crippen LogP contribution in [0, 0.1) is 6.92 Å². The van der Waals surface area contributed by atoms with Gasteiger partial charge in [-0.25, -0.2) is 10.2 Å². The number of hydrogen-bond donors (Lipinski definition) is 1. The fraction of sp³-hybridized carbons (Fsp3) is 0.0741. The molecule has 0 fully saturated rings. The molecule has 0 heterocycles. The standard InChI is InChI=1S/C27H21BrN2O4/c1-18-5-4-7-21(15-18)27(32)34-22-12-9-19(10-13-22)16-29-30-25(31)17-33-24-14-11-20-6-2-3-8-23(20)26(24)28/h2-16H,17H2,1H3,(H,30,31)/b29-16-. The number of ether oxygens (including phenoxy) is 2. The molecule has 0 bridgehead atoms. The van der Waals surface area contributed by atoms with Crippen molar-refractivity contribution < 1.29 is 19.1 Å². The van der Waals surface area contributed by atoms with Gasteiger partial charge in [0.15, 0.2) is 6.61 Å². The SMILES string of the molecule is Cc1cccc(C(=O)Oc2ccc(/C=N\NC(=O)COc3ccc4ccccc4c3Br)cc2)c1. The summed E-state index contributed by atoms with van der Waals surface area (Å²) >= 11 is 3.53. The van der Waals surface area contributed by atoms with Crippen LogP contribution in [-0.4, -0.2) is 24.7 Å². The van der Waals surface area contributed by atoms with Crippen LogP contribution in [0.15, 0.2) is 94.5 Å². The lowest BCUT2D eigenvalue weighted by Gasteiger charge is -2.09. The Kier molecular flexibility index (Phi) is 7.34. The third-order valence-corrected chi connectivity index (χ3v) is 5.75. The summed E-state index contributed by atoms with van der Waals surface area (Å²) < 4.78 is 11.8. The molecule has 0 aliphatic heterocycles. The van der Waals surface area contributed by atoms with Gasteiger partial charge in [0.2, 0.25) is 0 Å². The number of amides is 1. The van der Waals surface area contributed by atoms with Gasteiger partial charge in [-0.05, 0) is 81.7 Å². The van der Waals surface area contributed by atoms with Crippen molar-refractivity contribution in [3.05, 3.63) is 106 Å². The van der Waals surface area contributed by atoms with Gasteiger partial charge in [0.25, 0.3) is 5.91 Å². The number of carbonyl (C=O) groups excluding carboxylic acids is 2. The highest BCUT2D eigenvalue weighted by molar-refractivity contribution is 9.10. The maximum Gasteiger partial charge on any atom is 0.343 e. The first kappa shape index (κ1) is 23.2. The minimum Gasteiger partial charge on any atom is -0.483 e. The summed E-state index contributed by atoms with van der Waals surface area (Å²) in [6.07, 6.45) is 1.50. The lowest BCUT2D eigenvalue weighted by atomic mass is 10.1. The van der Waals surface area contributed by atoms with Crippen molar-refractivity contribution in [1.82, 2.24) is 5.43 Å². The quantitative estimate of drug-likeness (QED) is 0.149. The number of esters is 1. The molecule has 0 radical (unpaired) electrons. The summed E-state index contributed by atoms with van der Waals surface area (Å²) in [7, 11) is 0. The summed E-state index contributed by atoms with van der Waals surface area (Å²) in [5.41, 5.74) is 4.64. The van der Waals surface area contributed by atoms with Crippen molar-refractivity contribution in [3.63, 3.8) is 0 Å². The average molecular weight is 517 g/mol. The first-order valence-electron chi connectivity index (χ1n) is 10.5. The molecule has 4 rings (SSSR count). The van der Waals surface area contributed by atoms with Crippen molar-refractivity contribution in [2.75, 3.05) is 6.61 Å². The number of carbonyl (C=O) groups is 2. The minimum atomic E-state index is -0.421. The van der Waals surface area contributed by atoms with Crippen LogP contribution in [0.5, 0.6) is 11.5 Å². The van der Waals surface area contributed by atoms with E-state index in [9.17, 15) is 9.59 Å². The Morgan fingerprint density at radius 3 is 2.56 bits per heavy atom. The molecule has 0 aliphatic rings. The average Bonchev–Trinajstić information content (AvgIpc) is 2.85. The van der Waals surface area contributed by atoms with Crippen LogP contribution in [0.25, 0.3) is 10.8 Å². The zero-order valence-electron chi connectivity index (χ0n) is 18.3. The Morgan fingerprint density at radius 2 is 1.76 bits per heavy atom. The molecule has 1 amide bonds. The second-order valence-corrected chi connectivity index (χ2v) is 8.30. The summed E-state index contributed by atoms with van der Waals surface area (Å²) in [6.45, 7) is 1.74. The van der Waals surface area contributed by atoms with Crippen molar-refractivity contribution >= 4 is 44.8 Å². The van der Waals surface area contributed by atoms with Gasteiger partial charge in [-0.15, -0.1) is 0 Å². The molecule has 0 saturated heterocycles. The number of benzene rings is 4.